The third-order valence-electron chi connectivity index (χ3n) is 4.17. The second-order valence-electron chi connectivity index (χ2n) is 6.33. The molecule has 0 heterocycles. The number of nitrogens with zero attached hydrogens (tertiary/aromatic N) is 3. The lowest BCUT2D eigenvalue weighted by atomic mass is 10.0. The molecule has 1 aromatic rings. The molecule has 0 aliphatic carbocycles. The minimum Gasteiger partial charge on any atom is -0.350 e. The van der Waals surface area contributed by atoms with Crippen LogP contribution in [-0.4, -0.2) is 42.7 Å². The van der Waals surface area contributed by atoms with Gasteiger partial charge in [-0.3, -0.25) is 4.79 Å². The van der Waals surface area contributed by atoms with Crippen LogP contribution in [0, 0.1) is 11.3 Å². The zero-order valence-electron chi connectivity index (χ0n) is 16.2. The summed E-state index contributed by atoms with van der Waals surface area (Å²) in [6.07, 6.45) is -7.07. The predicted molar refractivity (Wildman–Crippen MR) is 101 cm³/mol. The van der Waals surface area contributed by atoms with E-state index in [0.717, 1.165) is 12.1 Å². The molecule has 0 aliphatic heterocycles. The van der Waals surface area contributed by atoms with Crippen molar-refractivity contribution in [1.29, 1.82) is 5.26 Å². The lowest BCUT2D eigenvalue weighted by molar-refractivity contribution is -0.137. The lowest BCUT2D eigenvalue weighted by Crippen LogP contribution is -2.51. The van der Waals surface area contributed by atoms with Crippen molar-refractivity contribution < 1.29 is 31.1 Å². The maximum atomic E-state index is 13.3. The van der Waals surface area contributed by atoms with E-state index in [0.29, 0.717) is 11.0 Å². The number of hydrogen-bond acceptors (Lipinski definition) is 3. The SMILES string of the molecule is C=CCN(CC=C)C(=O)C(CC)N(CC(F)(F)F)c1ccc(C#N)c(C(F)(F)F)c1. The van der Waals surface area contributed by atoms with E-state index in [-0.39, 0.29) is 19.5 Å². The third kappa shape index (κ3) is 6.54. The predicted octanol–water partition coefficient (Wildman–Crippen LogP) is 4.92. The van der Waals surface area contributed by atoms with Gasteiger partial charge < -0.3 is 9.80 Å². The Labute approximate surface area is 170 Å². The van der Waals surface area contributed by atoms with E-state index in [1.54, 1.807) is 0 Å². The molecule has 30 heavy (non-hydrogen) atoms. The Morgan fingerprint density at radius 3 is 2.13 bits per heavy atom. The molecule has 10 heteroatoms. The van der Waals surface area contributed by atoms with Crippen LogP contribution in [0.15, 0.2) is 43.5 Å². The summed E-state index contributed by atoms with van der Waals surface area (Å²) in [5.74, 6) is -0.709. The van der Waals surface area contributed by atoms with Crippen LogP contribution in [0.2, 0.25) is 0 Å². The van der Waals surface area contributed by atoms with Crippen LogP contribution in [0.3, 0.4) is 0 Å². The number of halogens is 6. The number of amides is 1. The molecular formula is C20H21F6N3O. The number of benzene rings is 1. The lowest BCUT2D eigenvalue weighted by Gasteiger charge is -2.36. The first kappa shape index (κ1) is 25.1. The van der Waals surface area contributed by atoms with Crippen LogP contribution in [0.5, 0.6) is 0 Å². The maximum absolute atomic E-state index is 13.3. The standard InChI is InChI=1S/C20H21F6N3O/c1-4-9-28(10-5-2)18(30)17(6-3)29(13-19(21,22)23)15-8-7-14(12-27)16(11-15)20(24,25)26/h4-5,7-8,11,17H,1-2,6,9-10,13H2,3H3. The zero-order valence-corrected chi connectivity index (χ0v) is 16.2. The van der Waals surface area contributed by atoms with Gasteiger partial charge in [0.25, 0.3) is 0 Å². The summed E-state index contributed by atoms with van der Waals surface area (Å²) in [6, 6.07) is 2.22. The molecule has 4 nitrogen and oxygen atoms in total. The Bertz CT molecular complexity index is 800. The van der Waals surface area contributed by atoms with E-state index in [9.17, 15) is 31.1 Å². The first-order valence-electron chi connectivity index (χ1n) is 8.84. The van der Waals surface area contributed by atoms with Gasteiger partial charge >= 0.3 is 12.4 Å². The highest BCUT2D eigenvalue weighted by Gasteiger charge is 2.39. The van der Waals surface area contributed by atoms with E-state index < -0.39 is 47.7 Å². The maximum Gasteiger partial charge on any atom is 0.417 e. The highest BCUT2D eigenvalue weighted by atomic mass is 19.4. The molecule has 1 rings (SSSR count). The van der Waals surface area contributed by atoms with Crippen molar-refractivity contribution in [3.05, 3.63) is 54.6 Å². The van der Waals surface area contributed by atoms with Gasteiger partial charge in [-0.05, 0) is 24.6 Å². The summed E-state index contributed by atoms with van der Waals surface area (Å²) >= 11 is 0. The summed E-state index contributed by atoms with van der Waals surface area (Å²) in [6.45, 7) is 6.86. The van der Waals surface area contributed by atoms with E-state index in [1.165, 1.54) is 30.0 Å². The highest BCUT2D eigenvalue weighted by Crippen LogP contribution is 2.36. The average molecular weight is 433 g/mol. The van der Waals surface area contributed by atoms with Gasteiger partial charge in [-0.15, -0.1) is 13.2 Å². The molecule has 0 N–H and O–H groups in total. The number of nitriles is 1. The number of anilines is 1. The van der Waals surface area contributed by atoms with Crippen molar-refractivity contribution in [3.8, 4) is 6.07 Å². The third-order valence-corrected chi connectivity index (χ3v) is 4.17. The molecule has 1 atom stereocenters. The van der Waals surface area contributed by atoms with Crippen molar-refractivity contribution in [2.24, 2.45) is 0 Å². The summed E-state index contributed by atoms with van der Waals surface area (Å²) < 4.78 is 79.7. The second kappa shape index (κ2) is 10.2. The fraction of sp³-hybridized carbons (Fsp3) is 0.400. The second-order valence-corrected chi connectivity index (χ2v) is 6.33. The summed E-state index contributed by atoms with van der Waals surface area (Å²) in [5.41, 5.74) is -2.56. The van der Waals surface area contributed by atoms with Gasteiger partial charge in [0.1, 0.15) is 12.6 Å². The number of carbonyl (C=O) groups excluding carboxylic acids is 1. The fourth-order valence-corrected chi connectivity index (χ4v) is 2.92. The summed E-state index contributed by atoms with van der Waals surface area (Å²) in [7, 11) is 0. The molecule has 164 valence electrons. The molecule has 0 saturated heterocycles. The molecule has 1 aromatic carbocycles. The molecule has 1 unspecified atom stereocenters. The molecule has 0 aromatic heterocycles. The quantitative estimate of drug-likeness (QED) is 0.410. The summed E-state index contributed by atoms with van der Waals surface area (Å²) in [5, 5.41) is 8.91. The van der Waals surface area contributed by atoms with Crippen LogP contribution >= 0.6 is 0 Å². The van der Waals surface area contributed by atoms with Crippen LogP contribution in [0.25, 0.3) is 0 Å². The highest BCUT2D eigenvalue weighted by molar-refractivity contribution is 5.85. The fourth-order valence-electron chi connectivity index (χ4n) is 2.92. The molecular weight excluding hydrogens is 412 g/mol. The van der Waals surface area contributed by atoms with Crippen LogP contribution in [-0.2, 0) is 11.0 Å². The van der Waals surface area contributed by atoms with Gasteiger partial charge in [0.05, 0.1) is 17.2 Å². The monoisotopic (exact) mass is 433 g/mol. The zero-order chi connectivity index (χ0) is 23.1. The average Bonchev–Trinajstić information content (AvgIpc) is 2.65. The Morgan fingerprint density at radius 1 is 1.17 bits per heavy atom. The minimum absolute atomic E-state index is 0.0301. The van der Waals surface area contributed by atoms with Gasteiger partial charge in [0, 0.05) is 18.8 Å². The minimum atomic E-state index is -4.95. The summed E-state index contributed by atoms with van der Waals surface area (Å²) in [4.78, 5) is 14.7. The Morgan fingerprint density at radius 2 is 1.73 bits per heavy atom. The van der Waals surface area contributed by atoms with Crippen molar-refractivity contribution in [1.82, 2.24) is 4.90 Å². The smallest absolute Gasteiger partial charge is 0.350 e. The number of alkyl halides is 6. The van der Waals surface area contributed by atoms with Gasteiger partial charge in [0.2, 0.25) is 5.91 Å². The van der Waals surface area contributed by atoms with E-state index in [2.05, 4.69) is 13.2 Å². The first-order chi connectivity index (χ1) is 13.9. The van der Waals surface area contributed by atoms with Crippen LogP contribution in [0.4, 0.5) is 32.0 Å². The number of carbonyl (C=O) groups is 1. The number of rotatable bonds is 9. The van der Waals surface area contributed by atoms with Gasteiger partial charge in [0.15, 0.2) is 0 Å². The Hall–Kier alpha value is -2.96. The van der Waals surface area contributed by atoms with Gasteiger partial charge in [-0.2, -0.15) is 31.6 Å². The number of hydrogen-bond donors (Lipinski definition) is 0. The van der Waals surface area contributed by atoms with Crippen molar-refractivity contribution in [3.63, 3.8) is 0 Å². The normalized spacial score (nSPS) is 12.6. The molecule has 0 aliphatic rings. The van der Waals surface area contributed by atoms with Gasteiger partial charge in [-0.25, -0.2) is 0 Å². The topological polar surface area (TPSA) is 47.3 Å². The van der Waals surface area contributed by atoms with E-state index in [1.807, 2.05) is 0 Å². The molecule has 0 saturated carbocycles. The Balaban J connectivity index is 3.56. The molecule has 1 amide bonds. The van der Waals surface area contributed by atoms with Crippen molar-refractivity contribution >= 4 is 11.6 Å². The first-order valence-corrected chi connectivity index (χ1v) is 8.84. The molecule has 0 fully saturated rings. The van der Waals surface area contributed by atoms with Gasteiger partial charge in [-0.1, -0.05) is 19.1 Å². The van der Waals surface area contributed by atoms with Crippen LogP contribution in [0.1, 0.15) is 24.5 Å². The van der Waals surface area contributed by atoms with Crippen LogP contribution < -0.4 is 4.90 Å². The molecule has 0 spiro atoms. The molecule has 0 bridgehead atoms. The van der Waals surface area contributed by atoms with Crippen molar-refractivity contribution in [2.45, 2.75) is 31.7 Å². The largest absolute Gasteiger partial charge is 0.417 e. The Kier molecular flexibility index (Phi) is 8.51. The van der Waals surface area contributed by atoms with E-state index >= 15 is 0 Å². The molecule has 0 radical (unpaired) electrons. The van der Waals surface area contributed by atoms with Crippen molar-refractivity contribution in [2.75, 3.05) is 24.5 Å². The van der Waals surface area contributed by atoms with E-state index in [4.69, 9.17) is 5.26 Å².